The molecule has 110 valence electrons. The molecule has 22 heavy (non-hydrogen) atoms. The van der Waals surface area contributed by atoms with Gasteiger partial charge in [-0.05, 0) is 30.5 Å². The van der Waals surface area contributed by atoms with E-state index < -0.39 is 0 Å². The van der Waals surface area contributed by atoms with E-state index in [1.54, 1.807) is 18.3 Å². The molecule has 0 amide bonds. The molecule has 0 saturated carbocycles. The highest BCUT2D eigenvalue weighted by atomic mass is 32.1. The fourth-order valence-corrected chi connectivity index (χ4v) is 3.47. The van der Waals surface area contributed by atoms with Crippen LogP contribution in [0.1, 0.15) is 34.8 Å². The minimum absolute atomic E-state index is 0.199. The van der Waals surface area contributed by atoms with E-state index >= 15 is 0 Å². The standard InChI is InChI=1S/C19H17NOS/c1-13(20)15-9-6-14(7-10-15)8-11-18(21)17-12-22-19-5-3-2-4-16(17)19/h2-7,9-10,12,20H,8,11H2,1H3. The molecule has 1 heterocycles. The quantitative estimate of drug-likeness (QED) is 0.517. The second-order valence-corrected chi connectivity index (χ2v) is 6.30. The van der Waals surface area contributed by atoms with Crippen molar-refractivity contribution in [3.05, 3.63) is 70.6 Å². The van der Waals surface area contributed by atoms with Crippen molar-refractivity contribution in [2.24, 2.45) is 0 Å². The molecule has 2 nitrogen and oxygen atoms in total. The largest absolute Gasteiger partial charge is 0.305 e. The highest BCUT2D eigenvalue weighted by Crippen LogP contribution is 2.26. The molecule has 0 atom stereocenters. The number of carbonyl (C=O) groups excluding carboxylic acids is 1. The van der Waals surface area contributed by atoms with E-state index in [-0.39, 0.29) is 5.78 Å². The molecule has 3 rings (SSSR count). The number of aryl methyl sites for hydroxylation is 1. The summed E-state index contributed by atoms with van der Waals surface area (Å²) in [4.78, 5) is 12.4. The fraction of sp³-hybridized carbons (Fsp3) is 0.158. The summed E-state index contributed by atoms with van der Waals surface area (Å²) < 4.78 is 1.16. The Morgan fingerprint density at radius 3 is 2.55 bits per heavy atom. The van der Waals surface area contributed by atoms with Crippen molar-refractivity contribution >= 4 is 32.9 Å². The lowest BCUT2D eigenvalue weighted by Crippen LogP contribution is -2.00. The molecule has 1 aromatic heterocycles. The van der Waals surface area contributed by atoms with Gasteiger partial charge in [-0.1, -0.05) is 42.5 Å². The Morgan fingerprint density at radius 1 is 1.09 bits per heavy atom. The molecule has 0 fully saturated rings. The Hall–Kier alpha value is -2.26. The monoisotopic (exact) mass is 307 g/mol. The van der Waals surface area contributed by atoms with Crippen LogP contribution in [0.2, 0.25) is 0 Å². The lowest BCUT2D eigenvalue weighted by Gasteiger charge is -2.03. The molecular formula is C19H17NOS. The van der Waals surface area contributed by atoms with Gasteiger partial charge in [0.2, 0.25) is 0 Å². The van der Waals surface area contributed by atoms with Gasteiger partial charge in [-0.25, -0.2) is 0 Å². The molecule has 3 aromatic rings. The second kappa shape index (κ2) is 6.24. The van der Waals surface area contributed by atoms with Gasteiger partial charge in [0.05, 0.1) is 0 Å². The molecule has 0 saturated heterocycles. The van der Waals surface area contributed by atoms with Crippen LogP contribution in [0.3, 0.4) is 0 Å². The van der Waals surface area contributed by atoms with Gasteiger partial charge in [0.25, 0.3) is 0 Å². The number of Topliss-reactive ketones (excluding diaryl/α,β-unsaturated/α-hetero) is 1. The first kappa shape index (κ1) is 14.7. The topological polar surface area (TPSA) is 40.9 Å². The Balaban J connectivity index is 1.71. The Morgan fingerprint density at radius 2 is 1.82 bits per heavy atom. The average molecular weight is 307 g/mol. The molecule has 0 aliphatic carbocycles. The molecule has 0 spiro atoms. The van der Waals surface area contributed by atoms with Crippen LogP contribution in [0.5, 0.6) is 0 Å². The first-order chi connectivity index (χ1) is 10.6. The van der Waals surface area contributed by atoms with Gasteiger partial charge in [-0.3, -0.25) is 4.79 Å². The van der Waals surface area contributed by atoms with Gasteiger partial charge in [-0.15, -0.1) is 11.3 Å². The van der Waals surface area contributed by atoms with E-state index in [1.165, 1.54) is 0 Å². The average Bonchev–Trinajstić information content (AvgIpc) is 2.97. The second-order valence-electron chi connectivity index (χ2n) is 5.39. The van der Waals surface area contributed by atoms with Crippen molar-refractivity contribution in [1.82, 2.24) is 0 Å². The zero-order valence-electron chi connectivity index (χ0n) is 12.4. The predicted molar refractivity (Wildman–Crippen MR) is 93.4 cm³/mol. The minimum atomic E-state index is 0.199. The summed E-state index contributed by atoms with van der Waals surface area (Å²) in [6, 6.07) is 15.9. The van der Waals surface area contributed by atoms with Gasteiger partial charge in [-0.2, -0.15) is 0 Å². The van der Waals surface area contributed by atoms with E-state index in [0.29, 0.717) is 12.1 Å². The van der Waals surface area contributed by atoms with Crippen LogP contribution < -0.4 is 0 Å². The molecule has 0 aliphatic heterocycles. The summed E-state index contributed by atoms with van der Waals surface area (Å²) in [5.74, 6) is 0.199. The van der Waals surface area contributed by atoms with Gasteiger partial charge < -0.3 is 5.41 Å². The molecule has 0 radical (unpaired) electrons. The van der Waals surface area contributed by atoms with E-state index in [2.05, 4.69) is 6.07 Å². The molecule has 3 heteroatoms. The molecular weight excluding hydrogens is 290 g/mol. The van der Waals surface area contributed by atoms with Crippen molar-refractivity contribution in [2.75, 3.05) is 0 Å². The Bertz CT molecular complexity index is 830. The number of rotatable bonds is 5. The van der Waals surface area contributed by atoms with Crippen LogP contribution in [0.15, 0.2) is 53.9 Å². The van der Waals surface area contributed by atoms with Crippen LogP contribution in [0, 0.1) is 5.41 Å². The molecule has 0 bridgehead atoms. The van der Waals surface area contributed by atoms with Crippen molar-refractivity contribution in [2.45, 2.75) is 19.8 Å². The zero-order chi connectivity index (χ0) is 15.5. The van der Waals surface area contributed by atoms with Crippen LogP contribution in [0.25, 0.3) is 10.1 Å². The van der Waals surface area contributed by atoms with Crippen LogP contribution >= 0.6 is 11.3 Å². The maximum atomic E-state index is 12.4. The molecule has 2 aromatic carbocycles. The maximum absolute atomic E-state index is 12.4. The highest BCUT2D eigenvalue weighted by Gasteiger charge is 2.11. The van der Waals surface area contributed by atoms with Gasteiger partial charge >= 0.3 is 0 Å². The van der Waals surface area contributed by atoms with E-state index in [9.17, 15) is 4.79 Å². The van der Waals surface area contributed by atoms with Crippen LogP contribution in [0.4, 0.5) is 0 Å². The van der Waals surface area contributed by atoms with Gasteiger partial charge in [0, 0.05) is 33.2 Å². The summed E-state index contributed by atoms with van der Waals surface area (Å²) in [5.41, 5.74) is 3.47. The van der Waals surface area contributed by atoms with Gasteiger partial charge in [0.1, 0.15) is 0 Å². The van der Waals surface area contributed by atoms with Crippen molar-refractivity contribution in [1.29, 1.82) is 5.41 Å². The summed E-state index contributed by atoms with van der Waals surface area (Å²) in [6.45, 7) is 1.78. The number of hydrogen-bond donors (Lipinski definition) is 1. The maximum Gasteiger partial charge on any atom is 0.164 e. The third kappa shape index (κ3) is 3.00. The first-order valence-electron chi connectivity index (χ1n) is 7.29. The highest BCUT2D eigenvalue weighted by molar-refractivity contribution is 7.17. The third-order valence-corrected chi connectivity index (χ3v) is 4.77. The normalized spacial score (nSPS) is 10.8. The van der Waals surface area contributed by atoms with Crippen LogP contribution in [-0.2, 0) is 6.42 Å². The van der Waals surface area contributed by atoms with E-state index in [4.69, 9.17) is 5.41 Å². The lowest BCUT2D eigenvalue weighted by molar-refractivity contribution is 0.0985. The van der Waals surface area contributed by atoms with Crippen molar-refractivity contribution < 1.29 is 4.79 Å². The predicted octanol–water partition coefficient (Wildman–Crippen LogP) is 5.10. The molecule has 0 unspecified atom stereocenters. The minimum Gasteiger partial charge on any atom is -0.305 e. The number of ketones is 1. The van der Waals surface area contributed by atoms with Crippen LogP contribution in [-0.4, -0.2) is 11.5 Å². The van der Waals surface area contributed by atoms with Gasteiger partial charge in [0.15, 0.2) is 5.78 Å². The summed E-state index contributed by atoms with van der Waals surface area (Å²) in [5, 5.41) is 10.6. The zero-order valence-corrected chi connectivity index (χ0v) is 13.2. The number of hydrogen-bond acceptors (Lipinski definition) is 3. The summed E-state index contributed by atoms with van der Waals surface area (Å²) >= 11 is 1.62. The Kier molecular flexibility index (Phi) is 4.16. The van der Waals surface area contributed by atoms with Crippen molar-refractivity contribution in [3.8, 4) is 0 Å². The number of carbonyl (C=O) groups is 1. The van der Waals surface area contributed by atoms with E-state index in [1.807, 2.05) is 47.8 Å². The van der Waals surface area contributed by atoms with E-state index in [0.717, 1.165) is 33.2 Å². The fourth-order valence-electron chi connectivity index (χ4n) is 2.51. The lowest BCUT2D eigenvalue weighted by atomic mass is 10.0. The molecule has 1 N–H and O–H groups in total. The number of nitrogens with one attached hydrogen (secondary N) is 1. The summed E-state index contributed by atoms with van der Waals surface area (Å²) in [7, 11) is 0. The third-order valence-electron chi connectivity index (χ3n) is 3.81. The number of benzene rings is 2. The smallest absolute Gasteiger partial charge is 0.164 e. The SMILES string of the molecule is CC(=N)c1ccc(CCC(=O)c2csc3ccccc23)cc1. The Labute approximate surface area is 133 Å². The first-order valence-corrected chi connectivity index (χ1v) is 8.17. The number of fused-ring (bicyclic) bond motifs is 1. The van der Waals surface area contributed by atoms with Crippen molar-refractivity contribution in [3.63, 3.8) is 0 Å². The molecule has 0 aliphatic rings. The summed E-state index contributed by atoms with van der Waals surface area (Å²) in [6.07, 6.45) is 1.25. The number of thiophene rings is 1.